The van der Waals surface area contributed by atoms with Crippen LogP contribution in [0.3, 0.4) is 0 Å². The van der Waals surface area contributed by atoms with Gasteiger partial charge in [-0.3, -0.25) is 9.10 Å². The van der Waals surface area contributed by atoms with Gasteiger partial charge < -0.3 is 5.32 Å². The van der Waals surface area contributed by atoms with E-state index in [0.717, 1.165) is 21.2 Å². The molecule has 0 saturated heterocycles. The number of carbonyl (C=O) groups is 1. The quantitative estimate of drug-likeness (QED) is 0.247. The molecule has 36 heavy (non-hydrogen) atoms. The maximum Gasteiger partial charge on any atom is 0.264 e. The van der Waals surface area contributed by atoms with Crippen molar-refractivity contribution in [1.29, 1.82) is 0 Å². The molecule has 4 rings (SSSR count). The van der Waals surface area contributed by atoms with Crippen LogP contribution in [0.5, 0.6) is 0 Å². The summed E-state index contributed by atoms with van der Waals surface area (Å²) in [4.78, 5) is 12.9. The zero-order valence-electron chi connectivity index (χ0n) is 19.7. The molecule has 0 saturated carbocycles. The van der Waals surface area contributed by atoms with Crippen LogP contribution in [-0.4, -0.2) is 14.3 Å². The van der Waals surface area contributed by atoms with Crippen LogP contribution in [0.25, 0.3) is 0 Å². The first-order valence-corrected chi connectivity index (χ1v) is 13.8. The van der Waals surface area contributed by atoms with E-state index in [1.54, 1.807) is 72.8 Å². The smallest absolute Gasteiger partial charge is 0.264 e. The van der Waals surface area contributed by atoms with E-state index in [-0.39, 0.29) is 17.3 Å². The molecule has 0 aromatic heterocycles. The Bertz CT molecular complexity index is 1510. The highest BCUT2D eigenvalue weighted by molar-refractivity contribution is 9.10. The normalized spacial score (nSPS) is 11.2. The van der Waals surface area contributed by atoms with Crippen molar-refractivity contribution in [1.82, 2.24) is 0 Å². The summed E-state index contributed by atoms with van der Waals surface area (Å²) >= 11 is 9.69. The molecule has 0 heterocycles. The highest BCUT2D eigenvalue weighted by atomic mass is 79.9. The maximum atomic E-state index is 13.6. The Balaban J connectivity index is 1.62. The summed E-state index contributed by atoms with van der Waals surface area (Å²) in [5, 5.41) is 3.33. The lowest BCUT2D eigenvalue weighted by Crippen LogP contribution is -2.31. The number of benzene rings is 4. The van der Waals surface area contributed by atoms with Crippen LogP contribution in [0.4, 0.5) is 11.4 Å². The Hall–Kier alpha value is -3.13. The van der Waals surface area contributed by atoms with E-state index in [4.69, 9.17) is 11.6 Å². The zero-order valence-corrected chi connectivity index (χ0v) is 22.9. The number of carbonyl (C=O) groups excluding carboxylic acids is 1. The SMILES string of the molecule is Cc1cc(NC(=O)c2ccc(CN(c3cc(Cl)ccc3C)S(=O)(=O)c3ccccc3)cc2)ccc1Br. The van der Waals surface area contributed by atoms with Crippen LogP contribution < -0.4 is 9.62 Å². The fourth-order valence-electron chi connectivity index (χ4n) is 3.72. The molecule has 4 aromatic carbocycles. The summed E-state index contributed by atoms with van der Waals surface area (Å²) in [5.74, 6) is -0.247. The van der Waals surface area contributed by atoms with Gasteiger partial charge in [-0.15, -0.1) is 0 Å². The lowest BCUT2D eigenvalue weighted by Gasteiger charge is -2.26. The highest BCUT2D eigenvalue weighted by Gasteiger charge is 2.26. The summed E-state index contributed by atoms with van der Waals surface area (Å²) in [5.41, 5.74) is 4.18. The first kappa shape index (κ1) is 25.9. The van der Waals surface area contributed by atoms with Gasteiger partial charge >= 0.3 is 0 Å². The molecule has 0 aliphatic heterocycles. The van der Waals surface area contributed by atoms with Gasteiger partial charge in [-0.1, -0.05) is 63.9 Å². The number of nitrogens with one attached hydrogen (secondary N) is 1. The Morgan fingerprint density at radius 3 is 2.25 bits per heavy atom. The van der Waals surface area contributed by atoms with Gasteiger partial charge in [0.05, 0.1) is 17.1 Å². The second-order valence-corrected chi connectivity index (χ2v) is 11.5. The average molecular weight is 584 g/mol. The van der Waals surface area contributed by atoms with Crippen LogP contribution >= 0.6 is 27.5 Å². The molecule has 0 fully saturated rings. The fourth-order valence-corrected chi connectivity index (χ4v) is 5.67. The van der Waals surface area contributed by atoms with Crippen molar-refractivity contribution >= 4 is 54.8 Å². The minimum atomic E-state index is -3.87. The predicted molar refractivity (Wildman–Crippen MR) is 149 cm³/mol. The van der Waals surface area contributed by atoms with Crippen molar-refractivity contribution < 1.29 is 13.2 Å². The Labute approximate surface area is 224 Å². The highest BCUT2D eigenvalue weighted by Crippen LogP contribution is 2.31. The number of hydrogen-bond acceptors (Lipinski definition) is 3. The molecular weight excluding hydrogens is 560 g/mol. The second kappa shape index (κ2) is 10.9. The standard InChI is InChI=1S/C28H24BrClN2O3S/c1-19-8-13-23(30)17-27(19)32(36(34,35)25-6-4-3-5-7-25)18-21-9-11-22(12-10-21)28(33)31-24-14-15-26(29)20(2)16-24/h3-17H,18H2,1-2H3,(H,31,33). The molecule has 0 aliphatic rings. The minimum Gasteiger partial charge on any atom is -0.322 e. The molecule has 0 atom stereocenters. The lowest BCUT2D eigenvalue weighted by molar-refractivity contribution is 0.102. The molecule has 184 valence electrons. The molecule has 0 aliphatic carbocycles. The molecule has 0 bridgehead atoms. The molecular formula is C28H24BrClN2O3S. The number of hydrogen-bond donors (Lipinski definition) is 1. The van der Waals surface area contributed by atoms with Crippen molar-refractivity contribution in [2.24, 2.45) is 0 Å². The van der Waals surface area contributed by atoms with E-state index in [1.165, 1.54) is 4.31 Å². The van der Waals surface area contributed by atoms with E-state index < -0.39 is 10.0 Å². The van der Waals surface area contributed by atoms with E-state index >= 15 is 0 Å². The monoisotopic (exact) mass is 582 g/mol. The summed E-state index contributed by atoms with van der Waals surface area (Å²) in [6.45, 7) is 3.87. The summed E-state index contributed by atoms with van der Waals surface area (Å²) < 4.78 is 29.6. The van der Waals surface area contributed by atoms with Crippen LogP contribution in [0, 0.1) is 13.8 Å². The molecule has 1 amide bonds. The third-order valence-corrected chi connectivity index (χ3v) is 8.63. The van der Waals surface area contributed by atoms with Gasteiger partial charge in [0.25, 0.3) is 15.9 Å². The van der Waals surface area contributed by atoms with E-state index in [9.17, 15) is 13.2 Å². The van der Waals surface area contributed by atoms with Crippen molar-refractivity contribution in [3.63, 3.8) is 0 Å². The number of amides is 1. The van der Waals surface area contributed by atoms with Gasteiger partial charge in [-0.25, -0.2) is 8.42 Å². The number of rotatable bonds is 7. The molecule has 0 spiro atoms. The third kappa shape index (κ3) is 5.81. The first-order valence-electron chi connectivity index (χ1n) is 11.2. The van der Waals surface area contributed by atoms with E-state index in [1.807, 2.05) is 32.0 Å². The number of anilines is 2. The lowest BCUT2D eigenvalue weighted by atomic mass is 10.1. The van der Waals surface area contributed by atoms with Crippen LogP contribution in [0.15, 0.2) is 100 Å². The Morgan fingerprint density at radius 2 is 1.58 bits per heavy atom. The van der Waals surface area contributed by atoms with Gasteiger partial charge in [0.2, 0.25) is 0 Å². The second-order valence-electron chi connectivity index (χ2n) is 8.37. The topological polar surface area (TPSA) is 66.5 Å². The maximum absolute atomic E-state index is 13.6. The van der Waals surface area contributed by atoms with Crippen LogP contribution in [-0.2, 0) is 16.6 Å². The average Bonchev–Trinajstić information content (AvgIpc) is 2.87. The Kier molecular flexibility index (Phi) is 7.83. The fraction of sp³-hybridized carbons (Fsp3) is 0.107. The van der Waals surface area contributed by atoms with Crippen LogP contribution in [0.2, 0.25) is 5.02 Å². The largest absolute Gasteiger partial charge is 0.322 e. The number of halogens is 2. The van der Waals surface area contributed by atoms with Crippen molar-refractivity contribution in [3.8, 4) is 0 Å². The van der Waals surface area contributed by atoms with Crippen molar-refractivity contribution in [2.45, 2.75) is 25.3 Å². The van der Waals surface area contributed by atoms with Gasteiger partial charge in [0, 0.05) is 20.7 Å². The number of aryl methyl sites for hydroxylation is 2. The molecule has 0 unspecified atom stereocenters. The minimum absolute atomic E-state index is 0.0756. The first-order chi connectivity index (χ1) is 17.1. The van der Waals surface area contributed by atoms with E-state index in [0.29, 0.717) is 22.0 Å². The number of nitrogens with zero attached hydrogens (tertiary/aromatic N) is 1. The number of sulfonamides is 1. The van der Waals surface area contributed by atoms with Gasteiger partial charge in [-0.2, -0.15) is 0 Å². The molecule has 4 aromatic rings. The van der Waals surface area contributed by atoms with Gasteiger partial charge in [0.1, 0.15) is 0 Å². The molecule has 0 radical (unpaired) electrons. The predicted octanol–water partition coefficient (Wildman–Crippen LogP) is 7.37. The molecule has 8 heteroatoms. The Morgan fingerprint density at radius 1 is 0.889 bits per heavy atom. The van der Waals surface area contributed by atoms with Crippen molar-refractivity contribution in [3.05, 3.63) is 123 Å². The van der Waals surface area contributed by atoms with Gasteiger partial charge in [0.15, 0.2) is 0 Å². The van der Waals surface area contributed by atoms with Gasteiger partial charge in [-0.05, 0) is 85.1 Å². The summed E-state index contributed by atoms with van der Waals surface area (Å²) in [6, 6.07) is 26.0. The van der Waals surface area contributed by atoms with Crippen molar-refractivity contribution in [2.75, 3.05) is 9.62 Å². The zero-order chi connectivity index (χ0) is 25.9. The van der Waals surface area contributed by atoms with Crippen LogP contribution in [0.1, 0.15) is 27.0 Å². The summed E-state index contributed by atoms with van der Waals surface area (Å²) in [6.07, 6.45) is 0. The third-order valence-electron chi connectivity index (χ3n) is 5.73. The molecule has 5 nitrogen and oxygen atoms in total. The molecule has 1 N–H and O–H groups in total. The van der Waals surface area contributed by atoms with E-state index in [2.05, 4.69) is 21.2 Å². The summed E-state index contributed by atoms with van der Waals surface area (Å²) in [7, 11) is -3.87.